The van der Waals surface area contributed by atoms with Gasteiger partial charge in [0.1, 0.15) is 11.5 Å². The molecule has 1 aliphatic heterocycles. The van der Waals surface area contributed by atoms with Gasteiger partial charge in [0.05, 0.1) is 6.04 Å². The Morgan fingerprint density at radius 3 is 2.85 bits per heavy atom. The van der Waals surface area contributed by atoms with Crippen molar-refractivity contribution in [3.8, 4) is 0 Å². The monoisotopic (exact) mass is 371 g/mol. The molecule has 1 fully saturated rings. The Balaban J connectivity index is 1.95. The normalized spacial score (nSPS) is 17.8. The highest BCUT2D eigenvalue weighted by atomic mass is 19.1. The number of carbonyl (C=O) groups excluding carboxylic acids is 1. The van der Waals surface area contributed by atoms with E-state index < -0.39 is 5.69 Å². The largest absolute Gasteiger partial charge is 0.345 e. The van der Waals surface area contributed by atoms with Crippen LogP contribution in [0.2, 0.25) is 0 Å². The van der Waals surface area contributed by atoms with Crippen LogP contribution in [0.1, 0.15) is 67.3 Å². The first-order valence-electron chi connectivity index (χ1n) is 9.60. The van der Waals surface area contributed by atoms with Crippen molar-refractivity contribution >= 4 is 5.91 Å². The first-order chi connectivity index (χ1) is 12.9. The van der Waals surface area contributed by atoms with E-state index in [1.165, 1.54) is 12.1 Å². The number of nitrogens with one attached hydrogen (secondary N) is 1. The molecule has 1 atom stereocenters. The number of benzene rings is 1. The second-order valence-electron chi connectivity index (χ2n) is 7.61. The summed E-state index contributed by atoms with van der Waals surface area (Å²) < 4.78 is 13.7. The molecule has 27 heavy (non-hydrogen) atoms. The summed E-state index contributed by atoms with van der Waals surface area (Å²) in [6.45, 7) is 4.68. The third kappa shape index (κ3) is 4.81. The fraction of sp³-hybridized carbons (Fsp3) is 0.476. The Hall–Kier alpha value is -2.50. The molecule has 0 bridgehead atoms. The second kappa shape index (κ2) is 8.46. The van der Waals surface area contributed by atoms with Crippen molar-refractivity contribution in [2.45, 2.75) is 52.0 Å². The van der Waals surface area contributed by atoms with Crippen LogP contribution >= 0.6 is 0 Å². The third-order valence-corrected chi connectivity index (χ3v) is 4.89. The van der Waals surface area contributed by atoms with Crippen LogP contribution in [0.5, 0.6) is 0 Å². The van der Waals surface area contributed by atoms with Gasteiger partial charge >= 0.3 is 5.69 Å². The van der Waals surface area contributed by atoms with Gasteiger partial charge in [-0.3, -0.25) is 4.79 Å². The van der Waals surface area contributed by atoms with Crippen LogP contribution in [0.3, 0.4) is 0 Å². The lowest BCUT2D eigenvalue weighted by Crippen LogP contribution is -2.36. The van der Waals surface area contributed by atoms with Gasteiger partial charge in [-0.05, 0) is 48.9 Å². The zero-order chi connectivity index (χ0) is 19.4. The van der Waals surface area contributed by atoms with Crippen molar-refractivity contribution in [2.24, 2.45) is 5.92 Å². The van der Waals surface area contributed by atoms with Gasteiger partial charge in [-0.15, -0.1) is 0 Å². The molecule has 6 heteroatoms. The maximum Gasteiger partial charge on any atom is 0.345 e. The Labute approximate surface area is 158 Å². The van der Waals surface area contributed by atoms with E-state index in [0.717, 1.165) is 31.2 Å². The molecule has 144 valence electrons. The van der Waals surface area contributed by atoms with Crippen LogP contribution in [0.15, 0.2) is 35.1 Å². The van der Waals surface area contributed by atoms with Crippen molar-refractivity contribution in [1.29, 1.82) is 0 Å². The fourth-order valence-electron chi connectivity index (χ4n) is 3.73. The summed E-state index contributed by atoms with van der Waals surface area (Å²) in [5.74, 6) is -0.218. The van der Waals surface area contributed by atoms with Gasteiger partial charge < -0.3 is 9.88 Å². The van der Waals surface area contributed by atoms with Gasteiger partial charge in [-0.2, -0.15) is 4.98 Å². The molecule has 0 saturated carbocycles. The van der Waals surface area contributed by atoms with Crippen LogP contribution in [-0.4, -0.2) is 27.3 Å². The van der Waals surface area contributed by atoms with Crippen LogP contribution in [0.25, 0.3) is 0 Å². The van der Waals surface area contributed by atoms with E-state index in [-0.39, 0.29) is 23.5 Å². The van der Waals surface area contributed by atoms with E-state index in [9.17, 15) is 14.0 Å². The number of aromatic nitrogens is 2. The number of carbonyl (C=O) groups is 1. The predicted molar refractivity (Wildman–Crippen MR) is 102 cm³/mol. The fourth-order valence-corrected chi connectivity index (χ4v) is 3.73. The summed E-state index contributed by atoms with van der Waals surface area (Å²) in [6.07, 6.45) is 4.34. The summed E-state index contributed by atoms with van der Waals surface area (Å²) in [5, 5.41) is 0. The molecule has 1 amide bonds. The number of aromatic amines is 1. The van der Waals surface area contributed by atoms with E-state index in [1.54, 1.807) is 17.0 Å². The Morgan fingerprint density at radius 2 is 2.11 bits per heavy atom. The van der Waals surface area contributed by atoms with Crippen LogP contribution in [0, 0.1) is 11.7 Å². The number of rotatable bonds is 4. The molecule has 1 aromatic heterocycles. The lowest BCUT2D eigenvalue weighted by Gasteiger charge is -2.30. The minimum absolute atomic E-state index is 0.165. The summed E-state index contributed by atoms with van der Waals surface area (Å²) in [6, 6.07) is 7.90. The SMILES string of the molecule is CC(C)Cc1cc(C(=O)N2CCCCC[C@H]2c2cccc(F)c2)nc(=O)[nH]1. The number of halogens is 1. The van der Waals surface area contributed by atoms with Crippen LogP contribution < -0.4 is 5.69 Å². The van der Waals surface area contributed by atoms with Crippen LogP contribution in [0.4, 0.5) is 4.39 Å². The molecule has 1 aliphatic rings. The highest BCUT2D eigenvalue weighted by Crippen LogP contribution is 2.31. The number of hydrogen-bond acceptors (Lipinski definition) is 3. The Morgan fingerprint density at radius 1 is 1.30 bits per heavy atom. The Kier molecular flexibility index (Phi) is 6.04. The van der Waals surface area contributed by atoms with Crippen molar-refractivity contribution in [3.05, 3.63) is 63.6 Å². The summed E-state index contributed by atoms with van der Waals surface area (Å²) >= 11 is 0. The molecule has 0 spiro atoms. The molecular weight excluding hydrogens is 345 g/mol. The minimum Gasteiger partial charge on any atom is -0.330 e. The minimum atomic E-state index is -0.506. The first-order valence-corrected chi connectivity index (χ1v) is 9.60. The molecular formula is C21H26FN3O2. The molecule has 1 aromatic carbocycles. The van der Waals surface area contributed by atoms with Gasteiger partial charge in [0.2, 0.25) is 0 Å². The topological polar surface area (TPSA) is 66.1 Å². The number of nitrogens with zero attached hydrogens (tertiary/aromatic N) is 2. The van der Waals surface area contributed by atoms with E-state index in [0.29, 0.717) is 24.6 Å². The predicted octanol–water partition coefficient (Wildman–Crippen LogP) is 3.87. The number of hydrogen-bond donors (Lipinski definition) is 1. The molecule has 3 rings (SSSR count). The zero-order valence-corrected chi connectivity index (χ0v) is 15.9. The maximum absolute atomic E-state index is 13.7. The standard InChI is InChI=1S/C21H26FN3O2/c1-14(2)11-17-13-18(24-21(27)23-17)20(26)25-10-5-3-4-9-19(25)15-7-6-8-16(22)12-15/h6-8,12-14,19H,3-5,9-11H2,1-2H3,(H,23,24,27)/t19-/m0/s1. The smallest absolute Gasteiger partial charge is 0.330 e. The highest BCUT2D eigenvalue weighted by Gasteiger charge is 2.29. The molecule has 1 saturated heterocycles. The zero-order valence-electron chi connectivity index (χ0n) is 15.9. The van der Waals surface area contributed by atoms with E-state index in [2.05, 4.69) is 23.8 Å². The number of amides is 1. The maximum atomic E-state index is 13.7. The van der Waals surface area contributed by atoms with Crippen molar-refractivity contribution in [1.82, 2.24) is 14.9 Å². The summed E-state index contributed by atoms with van der Waals surface area (Å²) in [7, 11) is 0. The molecule has 2 heterocycles. The highest BCUT2D eigenvalue weighted by molar-refractivity contribution is 5.92. The molecule has 0 radical (unpaired) electrons. The van der Waals surface area contributed by atoms with Gasteiger partial charge in [-0.25, -0.2) is 9.18 Å². The van der Waals surface area contributed by atoms with Crippen molar-refractivity contribution < 1.29 is 9.18 Å². The Bertz CT molecular complexity index is 863. The molecule has 5 nitrogen and oxygen atoms in total. The van der Waals surface area contributed by atoms with Crippen molar-refractivity contribution in [3.63, 3.8) is 0 Å². The van der Waals surface area contributed by atoms with Gasteiger partial charge in [-0.1, -0.05) is 38.8 Å². The lowest BCUT2D eigenvalue weighted by molar-refractivity contribution is 0.0673. The summed E-state index contributed by atoms with van der Waals surface area (Å²) in [5.41, 5.74) is 1.16. The van der Waals surface area contributed by atoms with Gasteiger partial charge in [0.15, 0.2) is 0 Å². The lowest BCUT2D eigenvalue weighted by atomic mass is 10.00. The average molecular weight is 371 g/mol. The van der Waals surface area contributed by atoms with Crippen molar-refractivity contribution in [2.75, 3.05) is 6.54 Å². The summed E-state index contributed by atoms with van der Waals surface area (Å²) in [4.78, 5) is 33.6. The van der Waals surface area contributed by atoms with E-state index >= 15 is 0 Å². The molecule has 1 N–H and O–H groups in total. The van der Waals surface area contributed by atoms with E-state index in [4.69, 9.17) is 0 Å². The van der Waals surface area contributed by atoms with Gasteiger partial charge in [0.25, 0.3) is 5.91 Å². The van der Waals surface area contributed by atoms with Gasteiger partial charge in [0, 0.05) is 12.2 Å². The number of H-pyrrole nitrogens is 1. The molecule has 0 aliphatic carbocycles. The third-order valence-electron chi connectivity index (χ3n) is 4.89. The molecule has 2 aromatic rings. The van der Waals surface area contributed by atoms with E-state index in [1.807, 2.05) is 6.07 Å². The first kappa shape index (κ1) is 19.3. The quantitative estimate of drug-likeness (QED) is 0.887. The second-order valence-corrected chi connectivity index (χ2v) is 7.61. The van der Waals surface area contributed by atoms with Crippen LogP contribution in [-0.2, 0) is 6.42 Å². The molecule has 0 unspecified atom stereocenters. The average Bonchev–Trinajstić information content (AvgIpc) is 2.86. The number of likely N-dealkylation sites (tertiary alicyclic amines) is 1.